The molecule has 0 unspecified atom stereocenters. The van der Waals surface area contributed by atoms with Crippen LogP contribution in [-0.2, 0) is 14.8 Å². The molecule has 2 aromatic carbocycles. The van der Waals surface area contributed by atoms with Gasteiger partial charge in [0.1, 0.15) is 5.75 Å². The van der Waals surface area contributed by atoms with E-state index >= 15 is 0 Å². The van der Waals surface area contributed by atoms with Gasteiger partial charge in [-0.15, -0.1) is 0 Å². The van der Waals surface area contributed by atoms with Gasteiger partial charge in [-0.1, -0.05) is 38.1 Å². The predicted molar refractivity (Wildman–Crippen MR) is 106 cm³/mol. The molecule has 1 N–H and O–H groups in total. The number of hydrogen-bond acceptors (Lipinski definition) is 4. The van der Waals surface area contributed by atoms with Crippen molar-refractivity contribution in [2.75, 3.05) is 18.4 Å². The normalized spacial score (nSPS) is 12.6. The molecule has 2 aromatic rings. The van der Waals surface area contributed by atoms with Gasteiger partial charge in [0.15, 0.2) is 6.10 Å². The Balaban J connectivity index is 2.19. The lowest BCUT2D eigenvalue weighted by Gasteiger charge is -2.20. The molecule has 0 aromatic heterocycles. The number of para-hydroxylation sites is 1. The van der Waals surface area contributed by atoms with E-state index in [9.17, 15) is 13.2 Å². The summed E-state index contributed by atoms with van der Waals surface area (Å²) in [4.78, 5) is 12.6. The molecular weight excluding hydrogens is 364 g/mol. The summed E-state index contributed by atoms with van der Waals surface area (Å²) in [5.41, 5.74) is 1.05. The smallest absolute Gasteiger partial charge is 0.265 e. The fraction of sp³-hybridized carbons (Fsp3) is 0.350. The summed E-state index contributed by atoms with van der Waals surface area (Å²) in [6.07, 6.45) is -0.725. The van der Waals surface area contributed by atoms with Gasteiger partial charge in [-0.05, 0) is 43.7 Å². The van der Waals surface area contributed by atoms with E-state index in [-0.39, 0.29) is 10.8 Å². The van der Waals surface area contributed by atoms with Crippen molar-refractivity contribution in [3.8, 4) is 5.75 Å². The number of amides is 1. The van der Waals surface area contributed by atoms with E-state index in [1.165, 1.54) is 10.4 Å². The molecule has 0 saturated carbocycles. The number of benzene rings is 2. The quantitative estimate of drug-likeness (QED) is 0.749. The van der Waals surface area contributed by atoms with Crippen molar-refractivity contribution >= 4 is 21.6 Å². The maximum atomic E-state index is 12.8. The molecule has 6 nitrogen and oxygen atoms in total. The van der Waals surface area contributed by atoms with Crippen molar-refractivity contribution in [2.24, 2.45) is 0 Å². The fourth-order valence-corrected chi connectivity index (χ4v) is 4.37. The lowest BCUT2D eigenvalue weighted by atomic mass is 10.2. The fourth-order valence-electron chi connectivity index (χ4n) is 2.66. The van der Waals surface area contributed by atoms with Crippen LogP contribution in [0.5, 0.6) is 5.75 Å². The second-order valence-electron chi connectivity index (χ2n) is 6.13. The zero-order valence-electron chi connectivity index (χ0n) is 16.1. The minimum absolute atomic E-state index is 0.195. The summed E-state index contributed by atoms with van der Waals surface area (Å²) in [6, 6.07) is 13.9. The summed E-state index contributed by atoms with van der Waals surface area (Å²) in [6.45, 7) is 7.75. The van der Waals surface area contributed by atoms with E-state index in [2.05, 4.69) is 5.32 Å². The summed E-state index contributed by atoms with van der Waals surface area (Å²) in [5, 5.41) is 2.73. The Kier molecular flexibility index (Phi) is 6.98. The molecule has 7 heteroatoms. The van der Waals surface area contributed by atoms with Crippen LogP contribution in [0.2, 0.25) is 0 Å². The maximum absolute atomic E-state index is 12.8. The number of ether oxygens (including phenoxy) is 1. The first-order valence-electron chi connectivity index (χ1n) is 8.93. The molecular formula is C20H26N2O4S. The zero-order chi connectivity index (χ0) is 20.0. The molecule has 0 radical (unpaired) electrons. The van der Waals surface area contributed by atoms with E-state index in [1.807, 2.05) is 18.2 Å². The van der Waals surface area contributed by atoms with Crippen molar-refractivity contribution in [1.29, 1.82) is 0 Å². The van der Waals surface area contributed by atoms with Gasteiger partial charge in [0.05, 0.1) is 4.90 Å². The zero-order valence-corrected chi connectivity index (χ0v) is 16.9. The summed E-state index contributed by atoms with van der Waals surface area (Å²) in [5.74, 6) is 0.239. The Bertz CT molecular complexity index is 878. The molecule has 1 atom stereocenters. The maximum Gasteiger partial charge on any atom is 0.265 e. The Labute approximate surface area is 161 Å². The number of carbonyl (C=O) groups is 1. The molecule has 0 aliphatic rings. The third-order valence-electron chi connectivity index (χ3n) is 4.20. The number of hydrogen-bond donors (Lipinski definition) is 1. The van der Waals surface area contributed by atoms with Crippen LogP contribution in [0.25, 0.3) is 0 Å². The van der Waals surface area contributed by atoms with Gasteiger partial charge in [-0.25, -0.2) is 8.42 Å². The molecule has 1 amide bonds. The van der Waals surface area contributed by atoms with Crippen LogP contribution in [-0.4, -0.2) is 37.8 Å². The van der Waals surface area contributed by atoms with E-state index in [0.717, 1.165) is 0 Å². The molecule has 2 rings (SSSR count). The average molecular weight is 391 g/mol. The first kappa shape index (κ1) is 20.9. The van der Waals surface area contributed by atoms with Crippen LogP contribution in [0.15, 0.2) is 53.4 Å². The Hall–Kier alpha value is -2.38. The topological polar surface area (TPSA) is 75.7 Å². The number of sulfonamides is 1. The van der Waals surface area contributed by atoms with Crippen LogP contribution in [0.1, 0.15) is 26.3 Å². The van der Waals surface area contributed by atoms with E-state index < -0.39 is 16.1 Å². The lowest BCUT2D eigenvalue weighted by molar-refractivity contribution is -0.122. The van der Waals surface area contributed by atoms with Gasteiger partial charge >= 0.3 is 0 Å². The summed E-state index contributed by atoms with van der Waals surface area (Å²) in [7, 11) is -3.61. The van der Waals surface area contributed by atoms with Crippen LogP contribution in [0.3, 0.4) is 0 Å². The first-order valence-corrected chi connectivity index (χ1v) is 10.4. The van der Waals surface area contributed by atoms with Crippen molar-refractivity contribution in [3.63, 3.8) is 0 Å². The highest BCUT2D eigenvalue weighted by molar-refractivity contribution is 7.89. The molecule has 146 valence electrons. The van der Waals surface area contributed by atoms with Crippen molar-refractivity contribution in [3.05, 3.63) is 54.1 Å². The Morgan fingerprint density at radius 3 is 2.33 bits per heavy atom. The number of aryl methyl sites for hydroxylation is 1. The minimum Gasteiger partial charge on any atom is -0.481 e. The molecule has 27 heavy (non-hydrogen) atoms. The van der Waals surface area contributed by atoms with E-state index in [1.54, 1.807) is 52.0 Å². The van der Waals surface area contributed by atoms with Gasteiger partial charge in [-0.3, -0.25) is 4.79 Å². The molecule has 0 aliphatic heterocycles. The Morgan fingerprint density at radius 1 is 1.11 bits per heavy atom. The van der Waals surface area contributed by atoms with Crippen molar-refractivity contribution in [2.45, 2.75) is 38.7 Å². The van der Waals surface area contributed by atoms with Crippen molar-refractivity contribution < 1.29 is 17.9 Å². The van der Waals surface area contributed by atoms with Gasteiger partial charge in [-0.2, -0.15) is 4.31 Å². The van der Waals surface area contributed by atoms with E-state index in [0.29, 0.717) is 30.1 Å². The predicted octanol–water partition coefficient (Wildman–Crippen LogP) is 3.43. The van der Waals surface area contributed by atoms with Crippen LogP contribution >= 0.6 is 0 Å². The highest BCUT2D eigenvalue weighted by atomic mass is 32.2. The average Bonchev–Trinajstić information content (AvgIpc) is 2.64. The minimum atomic E-state index is -3.61. The molecule has 0 fully saturated rings. The number of carbonyl (C=O) groups excluding carboxylic acids is 1. The SMILES string of the molecule is CCN(CC)S(=O)(=O)c1cc(NC(=O)[C@@H](C)Oc2ccccc2)ccc1C. The van der Waals surface area contributed by atoms with Gasteiger partial charge < -0.3 is 10.1 Å². The van der Waals surface area contributed by atoms with Crippen LogP contribution in [0, 0.1) is 6.92 Å². The first-order chi connectivity index (χ1) is 12.8. The van der Waals surface area contributed by atoms with E-state index in [4.69, 9.17) is 4.74 Å². The number of nitrogens with zero attached hydrogens (tertiary/aromatic N) is 1. The second kappa shape index (κ2) is 9.01. The third-order valence-corrected chi connectivity index (χ3v) is 6.40. The number of anilines is 1. The van der Waals surface area contributed by atoms with Crippen LogP contribution in [0.4, 0.5) is 5.69 Å². The Morgan fingerprint density at radius 2 is 1.74 bits per heavy atom. The van der Waals surface area contributed by atoms with Crippen LogP contribution < -0.4 is 10.1 Å². The third kappa shape index (κ3) is 5.08. The molecule has 0 saturated heterocycles. The van der Waals surface area contributed by atoms with Gasteiger partial charge in [0, 0.05) is 18.8 Å². The number of nitrogens with one attached hydrogen (secondary N) is 1. The highest BCUT2D eigenvalue weighted by Crippen LogP contribution is 2.24. The van der Waals surface area contributed by atoms with Crippen molar-refractivity contribution in [1.82, 2.24) is 4.31 Å². The largest absolute Gasteiger partial charge is 0.481 e. The summed E-state index contributed by atoms with van der Waals surface area (Å²) < 4.78 is 32.6. The summed E-state index contributed by atoms with van der Waals surface area (Å²) >= 11 is 0. The van der Waals surface area contributed by atoms with Gasteiger partial charge in [0.2, 0.25) is 10.0 Å². The number of rotatable bonds is 8. The van der Waals surface area contributed by atoms with Gasteiger partial charge in [0.25, 0.3) is 5.91 Å². The second-order valence-corrected chi connectivity index (χ2v) is 8.04. The standard InChI is InChI=1S/C20H26N2O4S/c1-5-22(6-2)27(24,25)19-14-17(13-12-15(19)3)21-20(23)16(4)26-18-10-8-7-9-11-18/h7-14,16H,5-6H2,1-4H3,(H,21,23)/t16-/m1/s1. The molecule has 0 aliphatic carbocycles. The highest BCUT2D eigenvalue weighted by Gasteiger charge is 2.24. The molecule has 0 heterocycles. The molecule has 0 spiro atoms. The monoisotopic (exact) mass is 390 g/mol. The molecule has 0 bridgehead atoms. The lowest BCUT2D eigenvalue weighted by Crippen LogP contribution is -2.32.